The number of rotatable bonds is 6. The molecule has 0 bridgehead atoms. The van der Waals surface area contributed by atoms with Gasteiger partial charge in [-0.1, -0.05) is 19.3 Å². The lowest BCUT2D eigenvalue weighted by Crippen LogP contribution is -2.22. The van der Waals surface area contributed by atoms with E-state index in [0.717, 1.165) is 31.0 Å². The van der Waals surface area contributed by atoms with Gasteiger partial charge in [0, 0.05) is 13.2 Å². The van der Waals surface area contributed by atoms with Crippen LogP contribution in [0.15, 0.2) is 18.3 Å². The van der Waals surface area contributed by atoms with Gasteiger partial charge >= 0.3 is 6.18 Å². The van der Waals surface area contributed by atoms with Crippen molar-refractivity contribution >= 4 is 12.1 Å². The highest BCUT2D eigenvalue weighted by atomic mass is 19.4. The highest BCUT2D eigenvalue weighted by molar-refractivity contribution is 5.51. The fourth-order valence-electron chi connectivity index (χ4n) is 1.96. The highest BCUT2D eigenvalue weighted by Crippen LogP contribution is 2.29. The second-order valence-electron chi connectivity index (χ2n) is 5.14. The minimum atomic E-state index is -4.31. The second kappa shape index (κ2) is 9.40. The normalized spacial score (nSPS) is 14.5. The fraction of sp³-hybridized carbons (Fsp3) is 0.600. The van der Waals surface area contributed by atoms with Crippen LogP contribution in [-0.2, 0) is 11.0 Å². The van der Waals surface area contributed by atoms with Gasteiger partial charge in [-0.2, -0.15) is 13.2 Å². The molecular formula is C15H22F3N3O. The molecule has 4 nitrogen and oxygen atoms in total. The van der Waals surface area contributed by atoms with Gasteiger partial charge in [0.15, 0.2) is 0 Å². The van der Waals surface area contributed by atoms with E-state index in [1.54, 1.807) is 7.05 Å². The van der Waals surface area contributed by atoms with Crippen LogP contribution < -0.4 is 10.6 Å². The van der Waals surface area contributed by atoms with E-state index in [9.17, 15) is 18.0 Å². The molecule has 2 rings (SSSR count). The second-order valence-corrected chi connectivity index (χ2v) is 5.14. The average Bonchev–Trinajstić information content (AvgIpc) is 2.45. The molecule has 0 aliphatic heterocycles. The van der Waals surface area contributed by atoms with Crippen molar-refractivity contribution < 1.29 is 18.0 Å². The number of carbonyl (C=O) groups excluding carboxylic acids is 1. The van der Waals surface area contributed by atoms with E-state index in [2.05, 4.69) is 15.6 Å². The molecule has 0 saturated heterocycles. The Morgan fingerprint density at radius 1 is 1.36 bits per heavy atom. The number of aldehydes is 1. The molecule has 0 atom stereocenters. The Morgan fingerprint density at radius 3 is 2.50 bits per heavy atom. The fourth-order valence-corrected chi connectivity index (χ4v) is 1.96. The predicted octanol–water partition coefficient (Wildman–Crippen LogP) is 3.11. The van der Waals surface area contributed by atoms with Gasteiger partial charge in [0.2, 0.25) is 0 Å². The molecule has 7 heteroatoms. The first-order valence-corrected chi connectivity index (χ1v) is 7.32. The lowest BCUT2D eigenvalue weighted by Gasteiger charge is -2.24. The van der Waals surface area contributed by atoms with Crippen molar-refractivity contribution in [2.45, 2.75) is 31.9 Å². The van der Waals surface area contributed by atoms with Crippen LogP contribution in [0.1, 0.15) is 31.2 Å². The number of aromatic nitrogens is 1. The molecule has 0 radical (unpaired) electrons. The Balaban J connectivity index is 0.000000224. The third kappa shape index (κ3) is 6.89. The summed E-state index contributed by atoms with van der Waals surface area (Å²) in [6, 6.07) is 2.27. The van der Waals surface area contributed by atoms with Crippen molar-refractivity contribution in [3.8, 4) is 0 Å². The predicted molar refractivity (Wildman–Crippen MR) is 79.7 cm³/mol. The molecule has 0 amide bonds. The summed E-state index contributed by atoms with van der Waals surface area (Å²) in [6.07, 6.45) is 2.89. The summed E-state index contributed by atoms with van der Waals surface area (Å²) >= 11 is 0. The van der Waals surface area contributed by atoms with Crippen molar-refractivity contribution in [2.75, 3.05) is 25.5 Å². The standard InChI is InChI=1S/C8H15NO.C7H7F3N2/c10-7-6-9-5-4-8-2-1-3-8;1-11-6-3-2-5(4-12-6)7(8,9)10/h7-9H,1-6H2;2-4H,1H3,(H,11,12). The van der Waals surface area contributed by atoms with Gasteiger partial charge in [0.05, 0.1) is 12.1 Å². The topological polar surface area (TPSA) is 54.0 Å². The summed E-state index contributed by atoms with van der Waals surface area (Å²) in [5.41, 5.74) is -0.735. The number of hydrogen-bond acceptors (Lipinski definition) is 4. The molecule has 1 heterocycles. The molecule has 1 fully saturated rings. The molecule has 0 aromatic carbocycles. The number of nitrogens with zero attached hydrogens (tertiary/aromatic N) is 1. The Bertz CT molecular complexity index is 431. The molecule has 1 aliphatic carbocycles. The summed E-state index contributed by atoms with van der Waals surface area (Å²) in [5, 5.41) is 5.69. The van der Waals surface area contributed by atoms with E-state index in [1.807, 2.05) is 0 Å². The Kier molecular flexibility index (Phi) is 7.87. The zero-order valence-corrected chi connectivity index (χ0v) is 12.6. The molecule has 22 heavy (non-hydrogen) atoms. The number of anilines is 1. The van der Waals surface area contributed by atoms with E-state index in [1.165, 1.54) is 31.7 Å². The van der Waals surface area contributed by atoms with Gasteiger partial charge in [0.25, 0.3) is 0 Å². The van der Waals surface area contributed by atoms with Gasteiger partial charge in [-0.15, -0.1) is 0 Å². The van der Waals surface area contributed by atoms with Crippen molar-refractivity contribution in [3.05, 3.63) is 23.9 Å². The van der Waals surface area contributed by atoms with Crippen molar-refractivity contribution in [1.29, 1.82) is 0 Å². The summed E-state index contributed by atoms with van der Waals surface area (Å²) < 4.78 is 35.9. The van der Waals surface area contributed by atoms with Gasteiger partial charge in [0.1, 0.15) is 12.1 Å². The first-order chi connectivity index (χ1) is 10.5. The zero-order chi connectivity index (χ0) is 16.4. The Labute approximate surface area is 128 Å². The van der Waals surface area contributed by atoms with E-state index < -0.39 is 11.7 Å². The third-order valence-electron chi connectivity index (χ3n) is 3.53. The first-order valence-electron chi connectivity index (χ1n) is 7.32. The number of halogens is 3. The molecule has 1 saturated carbocycles. The monoisotopic (exact) mass is 317 g/mol. The van der Waals surface area contributed by atoms with Crippen LogP contribution in [0.5, 0.6) is 0 Å². The van der Waals surface area contributed by atoms with Crippen molar-refractivity contribution in [1.82, 2.24) is 10.3 Å². The molecule has 0 unspecified atom stereocenters. The number of pyridine rings is 1. The molecule has 1 aromatic rings. The summed E-state index contributed by atoms with van der Waals surface area (Å²) in [6.45, 7) is 1.54. The molecule has 124 valence electrons. The maximum atomic E-state index is 12.0. The quantitative estimate of drug-likeness (QED) is 0.625. The van der Waals surface area contributed by atoms with Gasteiger partial charge < -0.3 is 15.4 Å². The zero-order valence-electron chi connectivity index (χ0n) is 12.6. The first kappa shape index (κ1) is 18.4. The molecular weight excluding hydrogens is 295 g/mol. The van der Waals surface area contributed by atoms with Crippen LogP contribution in [0.3, 0.4) is 0 Å². The number of nitrogens with one attached hydrogen (secondary N) is 2. The minimum Gasteiger partial charge on any atom is -0.373 e. The van der Waals surface area contributed by atoms with E-state index in [4.69, 9.17) is 0 Å². The van der Waals surface area contributed by atoms with Crippen LogP contribution in [0.2, 0.25) is 0 Å². The third-order valence-corrected chi connectivity index (χ3v) is 3.53. The summed E-state index contributed by atoms with van der Waals surface area (Å²) in [7, 11) is 1.59. The molecule has 2 N–H and O–H groups in total. The largest absolute Gasteiger partial charge is 0.417 e. The van der Waals surface area contributed by atoms with Crippen LogP contribution in [0, 0.1) is 5.92 Å². The summed E-state index contributed by atoms with van der Waals surface area (Å²) in [5.74, 6) is 1.38. The Morgan fingerprint density at radius 2 is 2.09 bits per heavy atom. The number of hydrogen-bond donors (Lipinski definition) is 2. The highest BCUT2D eigenvalue weighted by Gasteiger charge is 2.30. The minimum absolute atomic E-state index is 0.419. The van der Waals surface area contributed by atoms with Crippen LogP contribution in [0.4, 0.5) is 19.0 Å². The van der Waals surface area contributed by atoms with Crippen molar-refractivity contribution in [2.24, 2.45) is 5.92 Å². The van der Waals surface area contributed by atoms with E-state index in [-0.39, 0.29) is 0 Å². The summed E-state index contributed by atoms with van der Waals surface area (Å²) in [4.78, 5) is 13.4. The number of alkyl halides is 3. The van der Waals surface area contributed by atoms with E-state index >= 15 is 0 Å². The van der Waals surface area contributed by atoms with Gasteiger partial charge in [-0.05, 0) is 31.0 Å². The molecule has 0 spiro atoms. The lowest BCUT2D eigenvalue weighted by atomic mass is 9.83. The van der Waals surface area contributed by atoms with Gasteiger partial charge in [-0.3, -0.25) is 0 Å². The van der Waals surface area contributed by atoms with Crippen LogP contribution >= 0.6 is 0 Å². The smallest absolute Gasteiger partial charge is 0.373 e. The average molecular weight is 317 g/mol. The molecule has 1 aliphatic rings. The SMILES string of the molecule is CNc1ccc(C(F)(F)F)cn1.O=CCNCCC1CCC1. The maximum Gasteiger partial charge on any atom is 0.417 e. The van der Waals surface area contributed by atoms with Crippen molar-refractivity contribution in [3.63, 3.8) is 0 Å². The Hall–Kier alpha value is -1.63. The van der Waals surface area contributed by atoms with Crippen LogP contribution in [-0.4, -0.2) is 31.4 Å². The maximum absolute atomic E-state index is 12.0. The van der Waals surface area contributed by atoms with E-state index in [0.29, 0.717) is 12.4 Å². The molecule has 1 aromatic heterocycles. The lowest BCUT2D eigenvalue weighted by molar-refractivity contribution is -0.137. The van der Waals surface area contributed by atoms with Gasteiger partial charge in [-0.25, -0.2) is 4.98 Å². The number of carbonyl (C=O) groups is 1. The van der Waals surface area contributed by atoms with Crippen LogP contribution in [0.25, 0.3) is 0 Å².